The van der Waals surface area contributed by atoms with Crippen LogP contribution in [0.3, 0.4) is 0 Å². The fourth-order valence-corrected chi connectivity index (χ4v) is 5.04. The lowest BCUT2D eigenvalue weighted by molar-refractivity contribution is -0.114. The Kier molecular flexibility index (Phi) is 8.00. The van der Waals surface area contributed by atoms with Gasteiger partial charge in [-0.25, -0.2) is 8.78 Å². The first-order chi connectivity index (χ1) is 14.9. The quantitative estimate of drug-likeness (QED) is 0.456. The van der Waals surface area contributed by atoms with E-state index in [4.69, 9.17) is 0 Å². The molecule has 0 bridgehead atoms. The smallest absolute Gasteiger partial charge is 0.234 e. The van der Waals surface area contributed by atoms with Crippen molar-refractivity contribution in [1.82, 2.24) is 4.37 Å². The van der Waals surface area contributed by atoms with E-state index < -0.39 is 11.6 Å². The van der Waals surface area contributed by atoms with Crippen LogP contribution in [0.2, 0.25) is 0 Å². The highest BCUT2D eigenvalue weighted by atomic mass is 32.2. The molecule has 11 heteroatoms. The summed E-state index contributed by atoms with van der Waals surface area (Å²) < 4.78 is 31.1. The van der Waals surface area contributed by atoms with E-state index in [2.05, 4.69) is 15.0 Å². The Morgan fingerprint density at radius 1 is 0.968 bits per heavy atom. The normalized spacial score (nSPS) is 10.4. The van der Waals surface area contributed by atoms with Gasteiger partial charge < -0.3 is 10.6 Å². The SMILES string of the molecule is N#Cc1c(SCC(=O)Nc2cccc(F)c2)nsc1SCC(=O)Nc1cccc(F)c1. The van der Waals surface area contributed by atoms with Gasteiger partial charge in [0.15, 0.2) is 0 Å². The summed E-state index contributed by atoms with van der Waals surface area (Å²) in [7, 11) is 0. The zero-order chi connectivity index (χ0) is 22.2. The van der Waals surface area contributed by atoms with Crippen molar-refractivity contribution >= 4 is 58.2 Å². The first kappa shape index (κ1) is 22.7. The highest BCUT2D eigenvalue weighted by molar-refractivity contribution is 8.02. The highest BCUT2D eigenvalue weighted by Crippen LogP contribution is 2.34. The number of amides is 2. The fraction of sp³-hybridized carbons (Fsp3) is 0.100. The van der Waals surface area contributed by atoms with Gasteiger partial charge in [-0.05, 0) is 47.9 Å². The van der Waals surface area contributed by atoms with Gasteiger partial charge in [0.05, 0.1) is 11.5 Å². The van der Waals surface area contributed by atoms with Crippen LogP contribution in [-0.2, 0) is 9.59 Å². The standard InChI is InChI=1S/C20H14F2N4O2S3/c21-12-3-1-5-14(7-12)24-17(27)10-29-19-16(9-23)20(31-26-19)30-11-18(28)25-15-6-2-4-13(22)8-15/h1-8H,10-11H2,(H,24,27)(H,25,28). The number of aromatic nitrogens is 1. The van der Waals surface area contributed by atoms with Crippen molar-refractivity contribution in [3.05, 3.63) is 65.7 Å². The number of anilines is 2. The molecule has 1 aromatic heterocycles. The van der Waals surface area contributed by atoms with Crippen LogP contribution >= 0.6 is 35.1 Å². The maximum Gasteiger partial charge on any atom is 0.234 e. The van der Waals surface area contributed by atoms with Gasteiger partial charge in [-0.1, -0.05) is 23.9 Å². The largest absolute Gasteiger partial charge is 0.325 e. The van der Waals surface area contributed by atoms with Crippen LogP contribution in [0.5, 0.6) is 0 Å². The predicted octanol–water partition coefficient (Wildman–Crippen LogP) is 4.75. The molecule has 2 aromatic carbocycles. The molecule has 31 heavy (non-hydrogen) atoms. The van der Waals surface area contributed by atoms with Gasteiger partial charge in [-0.15, -0.1) is 11.8 Å². The molecule has 6 nitrogen and oxygen atoms in total. The van der Waals surface area contributed by atoms with Crippen LogP contribution < -0.4 is 10.6 Å². The Morgan fingerprint density at radius 3 is 2.03 bits per heavy atom. The number of carbonyl (C=O) groups excluding carboxylic acids is 2. The average molecular weight is 477 g/mol. The summed E-state index contributed by atoms with van der Waals surface area (Å²) in [5.41, 5.74) is 0.970. The van der Waals surface area contributed by atoms with Crippen LogP contribution in [0, 0.1) is 23.0 Å². The number of nitriles is 1. The fourth-order valence-electron chi connectivity index (χ4n) is 2.34. The van der Waals surface area contributed by atoms with Crippen molar-refractivity contribution in [2.45, 2.75) is 9.24 Å². The van der Waals surface area contributed by atoms with Crippen molar-refractivity contribution in [3.63, 3.8) is 0 Å². The minimum atomic E-state index is -0.458. The Hall–Kier alpha value is -2.94. The molecule has 0 aliphatic rings. The maximum atomic E-state index is 13.2. The van der Waals surface area contributed by atoms with E-state index in [1.54, 1.807) is 12.1 Å². The molecule has 0 spiro atoms. The summed E-state index contributed by atoms with van der Waals surface area (Å²) in [6, 6.07) is 13.1. The molecule has 2 N–H and O–H groups in total. The molecule has 0 radical (unpaired) electrons. The molecule has 0 aliphatic heterocycles. The summed E-state index contributed by atoms with van der Waals surface area (Å²) in [6.45, 7) is 0. The minimum Gasteiger partial charge on any atom is -0.325 e. The molecule has 0 saturated carbocycles. The average Bonchev–Trinajstić information content (AvgIpc) is 3.12. The second-order valence-electron chi connectivity index (χ2n) is 5.96. The highest BCUT2D eigenvalue weighted by Gasteiger charge is 2.17. The zero-order valence-electron chi connectivity index (χ0n) is 15.7. The third-order valence-corrected chi connectivity index (χ3v) is 6.82. The molecule has 0 saturated heterocycles. The van der Waals surface area contributed by atoms with Crippen LogP contribution in [0.1, 0.15) is 5.56 Å². The number of benzene rings is 2. The van der Waals surface area contributed by atoms with Crippen LogP contribution in [-0.4, -0.2) is 27.7 Å². The van der Waals surface area contributed by atoms with Gasteiger partial charge in [0.1, 0.15) is 32.5 Å². The second-order valence-corrected chi connectivity index (χ2v) is 8.94. The molecule has 0 unspecified atom stereocenters. The summed E-state index contributed by atoms with van der Waals surface area (Å²) in [4.78, 5) is 24.1. The first-order valence-corrected chi connectivity index (χ1v) is 11.5. The molecule has 0 atom stereocenters. The third kappa shape index (κ3) is 6.78. The Labute approximate surface area is 189 Å². The predicted molar refractivity (Wildman–Crippen MR) is 118 cm³/mol. The van der Waals surface area contributed by atoms with E-state index in [0.29, 0.717) is 20.6 Å². The summed E-state index contributed by atoms with van der Waals surface area (Å²) >= 11 is 3.27. The molecule has 1 heterocycles. The molecule has 2 amide bonds. The van der Waals surface area contributed by atoms with Crippen LogP contribution in [0.25, 0.3) is 0 Å². The van der Waals surface area contributed by atoms with Crippen LogP contribution in [0.4, 0.5) is 20.2 Å². The lowest BCUT2D eigenvalue weighted by Gasteiger charge is -2.05. The van der Waals surface area contributed by atoms with Crippen molar-refractivity contribution in [3.8, 4) is 6.07 Å². The summed E-state index contributed by atoms with van der Waals surface area (Å²) in [6.07, 6.45) is 0. The van der Waals surface area contributed by atoms with E-state index in [1.807, 2.05) is 6.07 Å². The Bertz CT molecular complexity index is 1070. The summed E-state index contributed by atoms with van der Waals surface area (Å²) in [5.74, 6) is -1.63. The van der Waals surface area contributed by atoms with Crippen molar-refractivity contribution in [2.24, 2.45) is 0 Å². The van der Waals surface area contributed by atoms with E-state index in [9.17, 15) is 23.6 Å². The molecular weight excluding hydrogens is 462 g/mol. The molecule has 158 valence electrons. The number of rotatable bonds is 8. The maximum absolute atomic E-state index is 13.2. The number of halogens is 2. The molecule has 3 rings (SSSR count). The lowest BCUT2D eigenvalue weighted by Crippen LogP contribution is -2.14. The van der Waals surface area contributed by atoms with Crippen molar-refractivity contribution in [1.29, 1.82) is 5.26 Å². The topological polar surface area (TPSA) is 94.9 Å². The third-order valence-electron chi connectivity index (χ3n) is 3.63. The lowest BCUT2D eigenvalue weighted by atomic mass is 10.3. The van der Waals surface area contributed by atoms with Gasteiger partial charge in [-0.2, -0.15) is 9.64 Å². The van der Waals surface area contributed by atoms with Gasteiger partial charge in [-0.3, -0.25) is 9.59 Å². The number of carbonyl (C=O) groups is 2. The zero-order valence-corrected chi connectivity index (χ0v) is 18.2. The molecule has 0 fully saturated rings. The molecule has 3 aromatic rings. The molecule has 0 aliphatic carbocycles. The number of thioether (sulfide) groups is 2. The van der Waals surface area contributed by atoms with E-state index >= 15 is 0 Å². The van der Waals surface area contributed by atoms with Gasteiger partial charge in [0, 0.05) is 11.4 Å². The van der Waals surface area contributed by atoms with E-state index in [1.165, 1.54) is 36.4 Å². The monoisotopic (exact) mass is 476 g/mol. The number of hydrogen-bond donors (Lipinski definition) is 2. The van der Waals surface area contributed by atoms with Crippen molar-refractivity contribution < 1.29 is 18.4 Å². The summed E-state index contributed by atoms with van der Waals surface area (Å²) in [5, 5.41) is 15.0. The first-order valence-electron chi connectivity index (χ1n) is 8.71. The number of hydrogen-bond acceptors (Lipinski definition) is 7. The van der Waals surface area contributed by atoms with Gasteiger partial charge in [0.2, 0.25) is 11.8 Å². The van der Waals surface area contributed by atoms with E-state index in [0.717, 1.165) is 35.1 Å². The van der Waals surface area contributed by atoms with Gasteiger partial charge in [0.25, 0.3) is 0 Å². The Morgan fingerprint density at radius 2 is 1.52 bits per heavy atom. The number of nitrogens with zero attached hydrogens (tertiary/aromatic N) is 2. The minimum absolute atomic E-state index is 0.0115. The Balaban J connectivity index is 1.53. The van der Waals surface area contributed by atoms with Crippen molar-refractivity contribution in [2.75, 3.05) is 22.1 Å². The van der Waals surface area contributed by atoms with Gasteiger partial charge >= 0.3 is 0 Å². The second kappa shape index (κ2) is 10.9. The number of nitrogens with one attached hydrogen (secondary N) is 2. The molecular formula is C20H14F2N4O2S3. The van der Waals surface area contributed by atoms with E-state index in [-0.39, 0.29) is 28.9 Å². The van der Waals surface area contributed by atoms with Crippen LogP contribution in [0.15, 0.2) is 57.8 Å².